The van der Waals surface area contributed by atoms with Gasteiger partial charge in [0.15, 0.2) is 0 Å². The average Bonchev–Trinajstić information content (AvgIpc) is 2.67. The lowest BCUT2D eigenvalue weighted by Crippen LogP contribution is -2.51. The normalized spacial score (nSPS) is 23.6. The highest BCUT2D eigenvalue weighted by Gasteiger charge is 2.40. The number of carboxylic acid groups (broad SMARTS) is 1. The van der Waals surface area contributed by atoms with Crippen LogP contribution in [0.5, 0.6) is 0 Å². The molecule has 0 radical (unpaired) electrons. The number of hydrogen-bond donors (Lipinski definition) is 3. The molecule has 0 aromatic heterocycles. The lowest BCUT2D eigenvalue weighted by Gasteiger charge is -2.26. The minimum absolute atomic E-state index is 0.0137. The maximum atomic E-state index is 12.2. The monoisotopic (exact) mass is 302 g/mol. The van der Waals surface area contributed by atoms with Gasteiger partial charge in [0.1, 0.15) is 17.7 Å². The quantitative estimate of drug-likeness (QED) is 0.673. The molecule has 1 fully saturated rings. The Labute approximate surface area is 123 Å². The van der Waals surface area contributed by atoms with E-state index in [4.69, 9.17) is 9.84 Å². The van der Waals surface area contributed by atoms with E-state index in [1.54, 1.807) is 20.8 Å². The van der Waals surface area contributed by atoms with Crippen LogP contribution in [0.4, 0.5) is 4.79 Å². The Hall–Kier alpha value is -1.83. The molecule has 8 nitrogen and oxygen atoms in total. The fourth-order valence-corrected chi connectivity index (χ4v) is 2.09. The number of hydrogen-bond acceptors (Lipinski definition) is 5. The van der Waals surface area contributed by atoms with Crippen LogP contribution in [0.1, 0.15) is 34.1 Å². The van der Waals surface area contributed by atoms with Crippen LogP contribution in [-0.4, -0.2) is 63.4 Å². The van der Waals surface area contributed by atoms with Gasteiger partial charge in [-0.3, -0.25) is 4.79 Å². The van der Waals surface area contributed by atoms with Crippen LogP contribution in [0, 0.1) is 0 Å². The number of ether oxygens (including phenoxy) is 1. The number of carbonyl (C=O) groups excluding carboxylic acids is 2. The Morgan fingerprint density at radius 1 is 1.33 bits per heavy atom. The number of aliphatic carboxylic acids is 1. The number of amides is 2. The van der Waals surface area contributed by atoms with Crippen LogP contribution in [0.25, 0.3) is 0 Å². The average molecular weight is 302 g/mol. The third-order valence-electron chi connectivity index (χ3n) is 2.95. The van der Waals surface area contributed by atoms with E-state index in [0.717, 1.165) is 4.90 Å². The van der Waals surface area contributed by atoms with Crippen molar-refractivity contribution in [1.29, 1.82) is 0 Å². The molecular formula is C13H22N2O6. The second-order valence-electron chi connectivity index (χ2n) is 6.10. The second kappa shape index (κ2) is 6.30. The van der Waals surface area contributed by atoms with E-state index in [1.807, 2.05) is 0 Å². The van der Waals surface area contributed by atoms with E-state index in [9.17, 15) is 19.5 Å². The molecular weight excluding hydrogens is 280 g/mol. The van der Waals surface area contributed by atoms with Crippen molar-refractivity contribution in [3.8, 4) is 0 Å². The van der Waals surface area contributed by atoms with Gasteiger partial charge in [0.25, 0.3) is 0 Å². The maximum absolute atomic E-state index is 12.2. The topological polar surface area (TPSA) is 116 Å². The summed E-state index contributed by atoms with van der Waals surface area (Å²) in [6, 6.07) is -2.01. The number of carboxylic acids is 1. The molecule has 3 N–H and O–H groups in total. The molecule has 1 aliphatic heterocycles. The molecule has 0 unspecified atom stereocenters. The Balaban J connectivity index is 2.65. The molecule has 0 aromatic rings. The SMILES string of the molecule is C[C@H](NC(=O)OC(C)(C)C)C(=O)N1C[C@H](O)C[C@H]1C(=O)O. The zero-order valence-electron chi connectivity index (χ0n) is 12.6. The van der Waals surface area contributed by atoms with E-state index < -0.39 is 41.8 Å². The third kappa shape index (κ3) is 4.89. The molecule has 0 aliphatic carbocycles. The summed E-state index contributed by atoms with van der Waals surface area (Å²) < 4.78 is 5.03. The summed E-state index contributed by atoms with van der Waals surface area (Å²) in [5, 5.41) is 20.9. The standard InChI is InChI=1S/C13H22N2O6/c1-7(14-12(20)21-13(2,3)4)10(17)15-6-8(16)5-9(15)11(18)19/h7-9,16H,5-6H2,1-4H3,(H,14,20)(H,18,19)/t7-,8+,9-/m0/s1. The number of nitrogens with zero attached hydrogens (tertiary/aromatic N) is 1. The Morgan fingerprint density at radius 3 is 2.38 bits per heavy atom. The molecule has 3 atom stereocenters. The summed E-state index contributed by atoms with van der Waals surface area (Å²) >= 11 is 0. The summed E-state index contributed by atoms with van der Waals surface area (Å²) in [6.45, 7) is 6.45. The summed E-state index contributed by atoms with van der Waals surface area (Å²) in [7, 11) is 0. The first kappa shape index (κ1) is 17.2. The van der Waals surface area contributed by atoms with Crippen LogP contribution in [0.15, 0.2) is 0 Å². The first-order chi connectivity index (χ1) is 9.51. The van der Waals surface area contributed by atoms with E-state index in [1.165, 1.54) is 6.92 Å². The molecule has 1 rings (SSSR count). The minimum atomic E-state index is -1.18. The molecule has 1 heterocycles. The smallest absolute Gasteiger partial charge is 0.408 e. The minimum Gasteiger partial charge on any atom is -0.480 e. The fraction of sp³-hybridized carbons (Fsp3) is 0.769. The van der Waals surface area contributed by atoms with E-state index in [-0.39, 0.29) is 13.0 Å². The molecule has 1 saturated heterocycles. The lowest BCUT2D eigenvalue weighted by molar-refractivity contribution is -0.148. The van der Waals surface area contributed by atoms with Gasteiger partial charge in [-0.1, -0.05) is 0 Å². The van der Waals surface area contributed by atoms with Gasteiger partial charge in [0.2, 0.25) is 5.91 Å². The van der Waals surface area contributed by atoms with Crippen molar-refractivity contribution in [2.75, 3.05) is 6.54 Å². The van der Waals surface area contributed by atoms with E-state index in [2.05, 4.69) is 5.32 Å². The van der Waals surface area contributed by atoms with Gasteiger partial charge in [-0.05, 0) is 27.7 Å². The zero-order chi connectivity index (χ0) is 16.4. The third-order valence-corrected chi connectivity index (χ3v) is 2.95. The van der Waals surface area contributed by atoms with Gasteiger partial charge in [-0.25, -0.2) is 9.59 Å². The second-order valence-corrected chi connectivity index (χ2v) is 6.10. The predicted octanol–water partition coefficient (Wildman–Crippen LogP) is -0.0540. The summed E-state index contributed by atoms with van der Waals surface area (Å²) in [4.78, 5) is 35.9. The predicted molar refractivity (Wildman–Crippen MR) is 72.6 cm³/mol. The molecule has 0 bridgehead atoms. The molecule has 0 spiro atoms. The van der Waals surface area contributed by atoms with Crippen LogP contribution in [-0.2, 0) is 14.3 Å². The molecule has 21 heavy (non-hydrogen) atoms. The number of carbonyl (C=O) groups is 3. The summed E-state index contributed by atoms with van der Waals surface area (Å²) in [6.07, 6.45) is -1.64. The first-order valence-electron chi connectivity index (χ1n) is 6.72. The Morgan fingerprint density at radius 2 is 1.90 bits per heavy atom. The molecule has 0 saturated carbocycles. The molecule has 0 aromatic carbocycles. The molecule has 1 aliphatic rings. The molecule has 8 heteroatoms. The van der Waals surface area contributed by atoms with Crippen molar-refractivity contribution in [2.24, 2.45) is 0 Å². The number of alkyl carbamates (subject to hydrolysis) is 1. The van der Waals surface area contributed by atoms with Crippen LogP contribution in [0.3, 0.4) is 0 Å². The summed E-state index contributed by atoms with van der Waals surface area (Å²) in [5.74, 6) is -1.74. The molecule has 120 valence electrons. The van der Waals surface area contributed by atoms with Crippen molar-refractivity contribution in [3.05, 3.63) is 0 Å². The highest BCUT2D eigenvalue weighted by Crippen LogP contribution is 2.19. The maximum Gasteiger partial charge on any atom is 0.408 e. The van der Waals surface area contributed by atoms with Crippen molar-refractivity contribution in [1.82, 2.24) is 10.2 Å². The lowest BCUT2D eigenvalue weighted by atomic mass is 10.2. The Kier molecular flexibility index (Phi) is 5.16. The van der Waals surface area contributed by atoms with Crippen molar-refractivity contribution in [2.45, 2.75) is 57.9 Å². The first-order valence-corrected chi connectivity index (χ1v) is 6.72. The number of nitrogens with one attached hydrogen (secondary N) is 1. The van der Waals surface area contributed by atoms with Gasteiger partial charge < -0.3 is 25.2 Å². The van der Waals surface area contributed by atoms with Gasteiger partial charge >= 0.3 is 12.1 Å². The highest BCUT2D eigenvalue weighted by molar-refractivity contribution is 5.89. The van der Waals surface area contributed by atoms with Gasteiger partial charge in [-0.15, -0.1) is 0 Å². The Bertz CT molecular complexity index is 431. The number of aliphatic hydroxyl groups is 1. The fourth-order valence-electron chi connectivity index (χ4n) is 2.09. The number of likely N-dealkylation sites (tertiary alicyclic amines) is 1. The van der Waals surface area contributed by atoms with Crippen LogP contribution >= 0.6 is 0 Å². The van der Waals surface area contributed by atoms with Gasteiger partial charge in [0, 0.05) is 13.0 Å². The van der Waals surface area contributed by atoms with Crippen molar-refractivity contribution >= 4 is 18.0 Å². The van der Waals surface area contributed by atoms with Gasteiger partial charge in [-0.2, -0.15) is 0 Å². The largest absolute Gasteiger partial charge is 0.480 e. The van der Waals surface area contributed by atoms with Crippen LogP contribution < -0.4 is 5.32 Å². The number of β-amino-alcohol motifs (C(OH)–C–C–N with tert-alkyl or cyclic N) is 1. The zero-order valence-corrected chi connectivity index (χ0v) is 12.6. The van der Waals surface area contributed by atoms with Crippen molar-refractivity contribution < 1.29 is 29.3 Å². The van der Waals surface area contributed by atoms with E-state index in [0.29, 0.717) is 0 Å². The van der Waals surface area contributed by atoms with E-state index >= 15 is 0 Å². The van der Waals surface area contributed by atoms with Gasteiger partial charge in [0.05, 0.1) is 6.10 Å². The molecule has 2 amide bonds. The van der Waals surface area contributed by atoms with Crippen molar-refractivity contribution in [3.63, 3.8) is 0 Å². The number of aliphatic hydroxyl groups excluding tert-OH is 1. The highest BCUT2D eigenvalue weighted by atomic mass is 16.6. The number of rotatable bonds is 3. The summed E-state index contributed by atoms with van der Waals surface area (Å²) in [5.41, 5.74) is -0.694. The van der Waals surface area contributed by atoms with Crippen LogP contribution in [0.2, 0.25) is 0 Å².